The van der Waals surface area contributed by atoms with Crippen LogP contribution < -0.4 is 35.5 Å². The third-order valence-electron chi connectivity index (χ3n) is 5.68. The van der Waals surface area contributed by atoms with Crippen LogP contribution >= 0.6 is 15.9 Å². The summed E-state index contributed by atoms with van der Waals surface area (Å²) in [6, 6.07) is 12.0. The molecular formula is C28H29BrF3N5O7S. The summed E-state index contributed by atoms with van der Waals surface area (Å²) in [7, 11) is -4.22. The number of halogens is 4. The highest BCUT2D eigenvalue weighted by molar-refractivity contribution is 9.10. The Balaban J connectivity index is 2.03. The topological polar surface area (TPSA) is 182 Å². The van der Waals surface area contributed by atoms with E-state index in [4.69, 9.17) is 20.6 Å². The zero-order valence-corrected chi connectivity index (χ0v) is 26.4. The van der Waals surface area contributed by atoms with Crippen LogP contribution in [0.3, 0.4) is 0 Å². The molecule has 0 saturated heterocycles. The van der Waals surface area contributed by atoms with Gasteiger partial charge in [0, 0.05) is 16.2 Å². The number of ether oxygens (including phenoxy) is 3. The van der Waals surface area contributed by atoms with Crippen LogP contribution in [0.1, 0.15) is 37.9 Å². The Morgan fingerprint density at radius 3 is 2.24 bits per heavy atom. The Hall–Kier alpha value is -4.35. The van der Waals surface area contributed by atoms with Gasteiger partial charge in [0.05, 0.1) is 23.2 Å². The molecule has 0 radical (unpaired) electrons. The highest BCUT2D eigenvalue weighted by atomic mass is 79.9. The number of hydrogen-bond acceptors (Lipinski definition) is 9. The lowest BCUT2D eigenvalue weighted by Gasteiger charge is -2.23. The summed E-state index contributed by atoms with van der Waals surface area (Å²) in [5, 5.41) is 10.4. The number of alkyl halides is 3. The Kier molecular flexibility index (Phi) is 11.4. The molecule has 17 heteroatoms. The fraction of sp³-hybridized carbons (Fsp3) is 0.250. The number of nitrogens with two attached hydrogens (primary N) is 1. The molecule has 0 aliphatic rings. The van der Waals surface area contributed by atoms with Crippen LogP contribution in [0.5, 0.6) is 17.2 Å². The summed E-state index contributed by atoms with van der Waals surface area (Å²) in [6.07, 6.45) is -5.57. The van der Waals surface area contributed by atoms with Crippen molar-refractivity contribution in [1.82, 2.24) is 10.3 Å². The third-order valence-corrected chi connectivity index (χ3v) is 7.47. The number of carbonyl (C=O) groups is 2. The van der Waals surface area contributed by atoms with E-state index in [1.54, 1.807) is 20.8 Å². The fourth-order valence-electron chi connectivity index (χ4n) is 3.73. The molecule has 3 rings (SSSR count). The first-order valence-corrected chi connectivity index (χ1v) is 15.3. The van der Waals surface area contributed by atoms with E-state index in [1.165, 1.54) is 48.5 Å². The number of hydrazine groups is 1. The largest absolute Gasteiger partial charge is 0.491 e. The van der Waals surface area contributed by atoms with E-state index in [0.29, 0.717) is 10.2 Å². The van der Waals surface area contributed by atoms with Gasteiger partial charge in [-0.15, -0.1) is 4.83 Å². The summed E-state index contributed by atoms with van der Waals surface area (Å²) in [5.41, 5.74) is 7.43. The first kappa shape index (κ1) is 35.1. The number of nitrogen functional groups attached to an aromatic ring is 1. The first-order valence-electron chi connectivity index (χ1n) is 13.1. The van der Waals surface area contributed by atoms with Crippen molar-refractivity contribution in [2.75, 3.05) is 11.9 Å². The van der Waals surface area contributed by atoms with E-state index in [0.717, 1.165) is 12.1 Å². The molecule has 0 spiro atoms. The normalized spacial score (nSPS) is 12.3. The van der Waals surface area contributed by atoms with Crippen molar-refractivity contribution in [2.45, 2.75) is 44.0 Å². The Morgan fingerprint density at radius 1 is 1.00 bits per heavy atom. The Morgan fingerprint density at radius 2 is 1.67 bits per heavy atom. The van der Waals surface area contributed by atoms with Crippen LogP contribution in [0.4, 0.5) is 18.9 Å². The van der Waals surface area contributed by atoms with Crippen LogP contribution in [0, 0.1) is 5.41 Å². The number of esters is 1. The predicted octanol–water partition coefficient (Wildman–Crippen LogP) is 4.55. The summed E-state index contributed by atoms with van der Waals surface area (Å²) in [6.45, 7) is 5.56. The molecule has 6 N–H and O–H groups in total. The molecule has 0 aliphatic heterocycles. The zero-order valence-electron chi connectivity index (χ0n) is 24.0. The second-order valence-electron chi connectivity index (χ2n) is 9.44. The van der Waals surface area contributed by atoms with Crippen molar-refractivity contribution in [2.24, 2.45) is 5.73 Å². The molecule has 0 fully saturated rings. The van der Waals surface area contributed by atoms with E-state index in [1.807, 2.05) is 4.83 Å². The monoisotopic (exact) mass is 715 g/mol. The van der Waals surface area contributed by atoms with Gasteiger partial charge in [-0.3, -0.25) is 15.6 Å². The van der Waals surface area contributed by atoms with Crippen molar-refractivity contribution >= 4 is 49.4 Å². The molecular weight excluding hydrogens is 687 g/mol. The van der Waals surface area contributed by atoms with E-state index >= 15 is 0 Å². The van der Waals surface area contributed by atoms with Crippen molar-refractivity contribution in [3.05, 3.63) is 76.3 Å². The van der Waals surface area contributed by atoms with E-state index in [2.05, 4.69) is 31.4 Å². The van der Waals surface area contributed by atoms with Gasteiger partial charge >= 0.3 is 12.1 Å². The summed E-state index contributed by atoms with van der Waals surface area (Å²) in [4.78, 5) is 26.9. The van der Waals surface area contributed by atoms with Gasteiger partial charge in [0.15, 0.2) is 11.5 Å². The Bertz CT molecular complexity index is 1670. The van der Waals surface area contributed by atoms with Gasteiger partial charge < -0.3 is 25.3 Å². The number of nitrogens with one attached hydrogen (secondary N) is 4. The van der Waals surface area contributed by atoms with Crippen molar-refractivity contribution in [3.8, 4) is 17.2 Å². The molecule has 0 aliphatic carbocycles. The minimum absolute atomic E-state index is 0.0543. The summed E-state index contributed by atoms with van der Waals surface area (Å²) < 4.78 is 80.9. The van der Waals surface area contributed by atoms with E-state index < -0.39 is 45.7 Å². The number of amidine groups is 1. The molecule has 12 nitrogen and oxygen atoms in total. The molecule has 0 aromatic heterocycles. The Labute approximate surface area is 265 Å². The highest BCUT2D eigenvalue weighted by Gasteiger charge is 2.42. The summed E-state index contributed by atoms with van der Waals surface area (Å²) >= 11 is 3.21. The SMILES string of the molecule is CCOc1cc(C(Nc2ccc(C(=N)N)c(OC(=O)C(F)(F)F)c2)C(=O)NNS(=O)(=O)c2ccc(Br)cc2)ccc1OC(C)C. The molecule has 1 atom stereocenters. The predicted molar refractivity (Wildman–Crippen MR) is 161 cm³/mol. The van der Waals surface area contributed by atoms with Crippen LogP contribution in [-0.2, 0) is 19.6 Å². The number of sulfonamides is 1. The maximum absolute atomic E-state index is 13.5. The molecule has 1 amide bonds. The second-order valence-corrected chi connectivity index (χ2v) is 12.0. The number of benzene rings is 3. The maximum atomic E-state index is 13.5. The molecule has 3 aromatic rings. The number of amides is 1. The van der Waals surface area contributed by atoms with Crippen LogP contribution in [0.2, 0.25) is 0 Å². The second kappa shape index (κ2) is 14.6. The lowest BCUT2D eigenvalue weighted by molar-refractivity contribution is -0.189. The van der Waals surface area contributed by atoms with Gasteiger partial charge in [0.1, 0.15) is 17.6 Å². The van der Waals surface area contributed by atoms with Gasteiger partial charge in [-0.1, -0.05) is 22.0 Å². The smallest absolute Gasteiger partial charge is 0.490 e. The number of hydrogen-bond donors (Lipinski definition) is 5. The van der Waals surface area contributed by atoms with Crippen LogP contribution in [-0.4, -0.2) is 45.0 Å². The average Bonchev–Trinajstić information content (AvgIpc) is 2.95. The molecule has 1 unspecified atom stereocenters. The van der Waals surface area contributed by atoms with Crippen molar-refractivity contribution < 1.29 is 45.4 Å². The van der Waals surface area contributed by atoms with Crippen molar-refractivity contribution in [3.63, 3.8) is 0 Å². The molecule has 0 bridgehead atoms. The molecule has 0 heterocycles. The minimum atomic E-state index is -5.35. The first-order chi connectivity index (χ1) is 21.0. The zero-order chi connectivity index (χ0) is 33.5. The van der Waals surface area contributed by atoms with Gasteiger partial charge in [0.25, 0.3) is 15.9 Å². The number of anilines is 1. The van der Waals surface area contributed by atoms with Crippen LogP contribution in [0.25, 0.3) is 0 Å². The summed E-state index contributed by atoms with van der Waals surface area (Å²) in [5.74, 6) is -4.28. The molecule has 0 saturated carbocycles. The number of rotatable bonds is 13. The van der Waals surface area contributed by atoms with Gasteiger partial charge in [-0.2, -0.15) is 13.2 Å². The standard InChI is InChI=1S/C28H29BrF3N5O7S/c1-4-42-23-13-16(5-12-21(23)43-15(2)3)24(26(38)36-37-45(40,41)19-9-6-17(29)7-10-19)35-18-8-11-20(25(33)34)22(14-18)44-27(39)28(30,31)32/h5-15,24,35,37H,4H2,1-3H3,(H3,33,34)(H,36,38). The van der Waals surface area contributed by atoms with Crippen molar-refractivity contribution in [1.29, 1.82) is 5.41 Å². The third kappa shape index (κ3) is 9.57. The lowest BCUT2D eigenvalue weighted by Crippen LogP contribution is -2.45. The minimum Gasteiger partial charge on any atom is -0.490 e. The quantitative estimate of drug-likeness (QED) is 0.0558. The lowest BCUT2D eigenvalue weighted by atomic mass is 10.0. The number of carbonyl (C=O) groups excluding carboxylic acids is 2. The molecule has 45 heavy (non-hydrogen) atoms. The molecule has 3 aromatic carbocycles. The molecule has 242 valence electrons. The van der Waals surface area contributed by atoms with Crippen LogP contribution in [0.15, 0.2) is 70.0 Å². The highest BCUT2D eigenvalue weighted by Crippen LogP contribution is 2.34. The average molecular weight is 717 g/mol. The van der Waals surface area contributed by atoms with E-state index in [-0.39, 0.29) is 40.2 Å². The fourth-order valence-corrected chi connectivity index (χ4v) is 4.84. The maximum Gasteiger partial charge on any atom is 0.491 e. The van der Waals surface area contributed by atoms with Gasteiger partial charge in [0.2, 0.25) is 0 Å². The van der Waals surface area contributed by atoms with Gasteiger partial charge in [-0.05, 0) is 74.9 Å². The van der Waals surface area contributed by atoms with E-state index in [9.17, 15) is 31.2 Å². The van der Waals surface area contributed by atoms with Gasteiger partial charge in [-0.25, -0.2) is 13.2 Å².